The fraction of sp³-hybridized carbons (Fsp3) is 0.562. The molecule has 0 atom stereocenters. The molecule has 21 heavy (non-hydrogen) atoms. The van der Waals surface area contributed by atoms with Gasteiger partial charge < -0.3 is 14.7 Å². The Kier molecular flexibility index (Phi) is 5.44. The van der Waals surface area contributed by atoms with Crippen LogP contribution in [0.2, 0.25) is 0 Å². The van der Waals surface area contributed by atoms with E-state index in [1.807, 2.05) is 4.90 Å². The zero-order chi connectivity index (χ0) is 15.2. The van der Waals surface area contributed by atoms with Crippen molar-refractivity contribution >= 4 is 5.91 Å². The monoisotopic (exact) mass is 292 g/mol. The van der Waals surface area contributed by atoms with E-state index in [0.29, 0.717) is 11.7 Å². The van der Waals surface area contributed by atoms with Gasteiger partial charge in [-0.15, -0.1) is 0 Å². The van der Waals surface area contributed by atoms with Crippen LogP contribution >= 0.6 is 0 Å². The molecule has 1 aliphatic heterocycles. The molecular weight excluding hydrogens is 268 g/mol. The first-order valence-electron chi connectivity index (χ1n) is 7.47. The molecule has 1 aromatic rings. The predicted molar refractivity (Wildman–Crippen MR) is 81.5 cm³/mol. The van der Waals surface area contributed by atoms with Gasteiger partial charge in [0, 0.05) is 32.7 Å². The van der Waals surface area contributed by atoms with Gasteiger partial charge in [-0.05, 0) is 18.1 Å². The lowest BCUT2D eigenvalue weighted by molar-refractivity contribution is -0.135. The van der Waals surface area contributed by atoms with Crippen LogP contribution in [0.4, 0.5) is 0 Å². The summed E-state index contributed by atoms with van der Waals surface area (Å²) in [5, 5.41) is 9.60. The average molecular weight is 292 g/mol. The van der Waals surface area contributed by atoms with Crippen LogP contribution in [0.15, 0.2) is 24.3 Å². The Balaban J connectivity index is 1.76. The van der Waals surface area contributed by atoms with Gasteiger partial charge in [0.15, 0.2) is 18.1 Å². The van der Waals surface area contributed by atoms with Crippen LogP contribution in [0.1, 0.15) is 13.8 Å². The first-order valence-corrected chi connectivity index (χ1v) is 7.47. The zero-order valence-electron chi connectivity index (χ0n) is 12.8. The van der Waals surface area contributed by atoms with Gasteiger partial charge in [0.25, 0.3) is 5.91 Å². The number of benzene rings is 1. The molecule has 1 aliphatic rings. The number of piperazine rings is 1. The summed E-state index contributed by atoms with van der Waals surface area (Å²) in [5.74, 6) is 1.04. The maximum absolute atomic E-state index is 12.1. The van der Waals surface area contributed by atoms with Gasteiger partial charge in [0.2, 0.25) is 0 Å². The minimum Gasteiger partial charge on any atom is -0.504 e. The summed E-state index contributed by atoms with van der Waals surface area (Å²) >= 11 is 0. The van der Waals surface area contributed by atoms with Crippen LogP contribution in [0.25, 0.3) is 0 Å². The van der Waals surface area contributed by atoms with Gasteiger partial charge in [-0.25, -0.2) is 0 Å². The third-order valence-electron chi connectivity index (χ3n) is 3.56. The normalized spacial score (nSPS) is 16.2. The zero-order valence-corrected chi connectivity index (χ0v) is 12.8. The Labute approximate surface area is 126 Å². The van der Waals surface area contributed by atoms with E-state index in [2.05, 4.69) is 18.7 Å². The topological polar surface area (TPSA) is 53.0 Å². The molecule has 0 radical (unpaired) electrons. The standard InChI is InChI=1S/C16H24N2O3/c1-13(2)11-17-7-9-18(10-8-17)16(20)12-21-15-6-4-3-5-14(15)19/h3-6,13,19H,7-12H2,1-2H3. The number of carbonyl (C=O) groups is 1. The Morgan fingerprint density at radius 2 is 1.90 bits per heavy atom. The predicted octanol–water partition coefficient (Wildman–Crippen LogP) is 1.57. The van der Waals surface area contributed by atoms with Crippen molar-refractivity contribution in [3.8, 4) is 11.5 Å². The second-order valence-electron chi connectivity index (χ2n) is 5.83. The number of hydrogen-bond acceptors (Lipinski definition) is 4. The lowest BCUT2D eigenvalue weighted by Gasteiger charge is -2.35. The van der Waals surface area contributed by atoms with E-state index in [0.717, 1.165) is 32.7 Å². The molecule has 0 aliphatic carbocycles. The van der Waals surface area contributed by atoms with Gasteiger partial charge in [0.1, 0.15) is 0 Å². The molecule has 116 valence electrons. The SMILES string of the molecule is CC(C)CN1CCN(C(=O)COc2ccccc2O)CC1. The van der Waals surface area contributed by atoms with Gasteiger partial charge in [-0.1, -0.05) is 26.0 Å². The van der Waals surface area contributed by atoms with Crippen molar-refractivity contribution in [2.45, 2.75) is 13.8 Å². The van der Waals surface area contributed by atoms with Crippen LogP contribution in [-0.2, 0) is 4.79 Å². The molecule has 2 rings (SSSR count). The molecule has 1 amide bonds. The lowest BCUT2D eigenvalue weighted by Crippen LogP contribution is -2.50. The Bertz CT molecular complexity index is 468. The number of nitrogens with zero attached hydrogens (tertiary/aromatic N) is 2. The highest BCUT2D eigenvalue weighted by Gasteiger charge is 2.21. The maximum Gasteiger partial charge on any atom is 0.260 e. The number of carbonyl (C=O) groups excluding carboxylic acids is 1. The van der Waals surface area contributed by atoms with E-state index >= 15 is 0 Å². The van der Waals surface area contributed by atoms with Crippen molar-refractivity contribution in [2.24, 2.45) is 5.92 Å². The molecule has 0 saturated carbocycles. The Hall–Kier alpha value is -1.75. The second kappa shape index (κ2) is 7.31. The summed E-state index contributed by atoms with van der Waals surface area (Å²) in [4.78, 5) is 16.3. The number of aromatic hydroxyl groups is 1. The summed E-state index contributed by atoms with van der Waals surface area (Å²) in [5.41, 5.74) is 0. The van der Waals surface area contributed by atoms with E-state index in [4.69, 9.17) is 4.74 Å². The summed E-state index contributed by atoms with van der Waals surface area (Å²) < 4.78 is 5.39. The van der Waals surface area contributed by atoms with Crippen molar-refractivity contribution in [2.75, 3.05) is 39.3 Å². The third-order valence-corrected chi connectivity index (χ3v) is 3.56. The van der Waals surface area contributed by atoms with Crippen LogP contribution in [0.5, 0.6) is 11.5 Å². The first-order chi connectivity index (χ1) is 10.1. The highest BCUT2D eigenvalue weighted by atomic mass is 16.5. The van der Waals surface area contributed by atoms with Crippen LogP contribution in [-0.4, -0.2) is 60.1 Å². The van der Waals surface area contributed by atoms with Gasteiger partial charge >= 0.3 is 0 Å². The molecule has 1 N–H and O–H groups in total. The average Bonchev–Trinajstić information content (AvgIpc) is 2.46. The van der Waals surface area contributed by atoms with Gasteiger partial charge in [-0.3, -0.25) is 9.69 Å². The van der Waals surface area contributed by atoms with Crippen LogP contribution < -0.4 is 4.74 Å². The lowest BCUT2D eigenvalue weighted by atomic mass is 10.2. The summed E-state index contributed by atoms with van der Waals surface area (Å²) in [7, 11) is 0. The molecule has 5 heteroatoms. The van der Waals surface area contributed by atoms with E-state index < -0.39 is 0 Å². The summed E-state index contributed by atoms with van der Waals surface area (Å²) in [6.07, 6.45) is 0. The Morgan fingerprint density at radius 1 is 1.24 bits per heavy atom. The highest BCUT2D eigenvalue weighted by Crippen LogP contribution is 2.24. The molecule has 1 saturated heterocycles. The molecule has 1 heterocycles. The number of phenols is 1. The quantitative estimate of drug-likeness (QED) is 0.895. The fourth-order valence-electron chi connectivity index (χ4n) is 2.51. The van der Waals surface area contributed by atoms with Gasteiger partial charge in [0.05, 0.1) is 0 Å². The Morgan fingerprint density at radius 3 is 2.52 bits per heavy atom. The molecule has 1 fully saturated rings. The molecule has 0 spiro atoms. The molecule has 0 bridgehead atoms. The van der Waals surface area contributed by atoms with Crippen molar-refractivity contribution in [1.29, 1.82) is 0 Å². The van der Waals surface area contributed by atoms with Crippen molar-refractivity contribution in [3.05, 3.63) is 24.3 Å². The van der Waals surface area contributed by atoms with Crippen molar-refractivity contribution in [3.63, 3.8) is 0 Å². The highest BCUT2D eigenvalue weighted by molar-refractivity contribution is 5.78. The number of phenolic OH excluding ortho intramolecular Hbond substituents is 1. The number of hydrogen-bond donors (Lipinski definition) is 1. The minimum atomic E-state index is -0.0260. The smallest absolute Gasteiger partial charge is 0.260 e. The van der Waals surface area contributed by atoms with Crippen LogP contribution in [0.3, 0.4) is 0 Å². The maximum atomic E-state index is 12.1. The number of amides is 1. The molecule has 1 aromatic carbocycles. The molecule has 0 unspecified atom stereocenters. The number of rotatable bonds is 5. The molecular formula is C16H24N2O3. The minimum absolute atomic E-state index is 0.0255. The summed E-state index contributed by atoms with van der Waals surface area (Å²) in [6, 6.07) is 6.69. The van der Waals surface area contributed by atoms with Crippen molar-refractivity contribution in [1.82, 2.24) is 9.80 Å². The van der Waals surface area contributed by atoms with Crippen LogP contribution in [0, 0.1) is 5.92 Å². The molecule has 5 nitrogen and oxygen atoms in total. The van der Waals surface area contributed by atoms with Gasteiger partial charge in [-0.2, -0.15) is 0 Å². The summed E-state index contributed by atoms with van der Waals surface area (Å²) in [6.45, 7) is 8.79. The van der Waals surface area contributed by atoms with E-state index in [1.54, 1.807) is 24.3 Å². The van der Waals surface area contributed by atoms with E-state index in [9.17, 15) is 9.90 Å². The van der Waals surface area contributed by atoms with E-state index in [1.165, 1.54) is 0 Å². The second-order valence-corrected chi connectivity index (χ2v) is 5.83. The van der Waals surface area contributed by atoms with Crippen molar-refractivity contribution < 1.29 is 14.6 Å². The fourth-order valence-corrected chi connectivity index (χ4v) is 2.51. The first kappa shape index (κ1) is 15.6. The number of para-hydroxylation sites is 2. The number of ether oxygens (including phenoxy) is 1. The van der Waals surface area contributed by atoms with E-state index in [-0.39, 0.29) is 18.3 Å². The third kappa shape index (κ3) is 4.63. The molecule has 0 aromatic heterocycles. The largest absolute Gasteiger partial charge is 0.504 e.